The summed E-state index contributed by atoms with van der Waals surface area (Å²) in [4.78, 5) is 14.3. The molecule has 0 aliphatic carbocycles. The van der Waals surface area contributed by atoms with Gasteiger partial charge in [-0.1, -0.05) is 13.2 Å². The van der Waals surface area contributed by atoms with Crippen molar-refractivity contribution in [2.24, 2.45) is 0 Å². The van der Waals surface area contributed by atoms with Gasteiger partial charge in [0.25, 0.3) is 0 Å². The maximum Gasteiger partial charge on any atom is 0.414 e. The molecule has 4 nitrogen and oxygen atoms in total. The zero-order valence-electron chi connectivity index (χ0n) is 15.1. The van der Waals surface area contributed by atoms with Gasteiger partial charge in [0.2, 0.25) is 0 Å². The summed E-state index contributed by atoms with van der Waals surface area (Å²) in [5.74, 6) is 0.507. The molecular formula is C17H31NO3S. The van der Waals surface area contributed by atoms with Crippen LogP contribution in [0.2, 0.25) is 0 Å². The fourth-order valence-corrected chi connectivity index (χ4v) is 1.94. The van der Waals surface area contributed by atoms with Gasteiger partial charge in [-0.2, -0.15) is 0 Å². The first kappa shape index (κ1) is 20.6. The van der Waals surface area contributed by atoms with Gasteiger partial charge in [0.15, 0.2) is 0 Å². The first-order valence-corrected chi connectivity index (χ1v) is 10.0. The molecule has 0 aliphatic heterocycles. The number of nitrogens with zero attached hydrogens (tertiary/aromatic N) is 1. The summed E-state index contributed by atoms with van der Waals surface area (Å²) >= 11 is 0. The Labute approximate surface area is 137 Å². The summed E-state index contributed by atoms with van der Waals surface area (Å²) in [5, 5.41) is 0. The molecule has 0 rings (SSSR count). The van der Waals surface area contributed by atoms with Crippen molar-refractivity contribution < 1.29 is 14.3 Å². The molecule has 5 heteroatoms. The van der Waals surface area contributed by atoms with Crippen LogP contribution < -0.4 is 0 Å². The molecule has 22 heavy (non-hydrogen) atoms. The third-order valence-corrected chi connectivity index (χ3v) is 4.64. The fraction of sp³-hybridized carbons (Fsp3) is 0.588. The third kappa shape index (κ3) is 9.55. The van der Waals surface area contributed by atoms with Gasteiger partial charge in [0.1, 0.15) is 11.4 Å². The van der Waals surface area contributed by atoms with Crippen molar-refractivity contribution in [2.75, 3.05) is 32.4 Å². The summed E-state index contributed by atoms with van der Waals surface area (Å²) in [7, 11) is 0.881. The zero-order chi connectivity index (χ0) is 17.6. The SMILES string of the molecule is C=C(/C=C\N(C)C(=O)OC(C)(C)C)OCCC(=C)S(C)(C)C. The van der Waals surface area contributed by atoms with E-state index in [1.165, 1.54) is 9.81 Å². The van der Waals surface area contributed by atoms with Crippen molar-refractivity contribution in [3.8, 4) is 0 Å². The summed E-state index contributed by atoms with van der Waals surface area (Å²) in [6.07, 6.45) is 10.3. The van der Waals surface area contributed by atoms with Crippen LogP contribution in [0.3, 0.4) is 0 Å². The Morgan fingerprint density at radius 1 is 1.23 bits per heavy atom. The Bertz CT molecular complexity index is 442. The van der Waals surface area contributed by atoms with Gasteiger partial charge in [0, 0.05) is 19.7 Å². The smallest absolute Gasteiger partial charge is 0.414 e. The molecule has 0 aliphatic rings. The summed E-state index contributed by atoms with van der Waals surface area (Å²) in [6, 6.07) is 0. The predicted octanol–water partition coefficient (Wildman–Crippen LogP) is 4.50. The van der Waals surface area contributed by atoms with Crippen LogP contribution in [0.1, 0.15) is 27.2 Å². The Morgan fingerprint density at radius 3 is 2.23 bits per heavy atom. The normalized spacial score (nSPS) is 12.9. The average molecular weight is 330 g/mol. The standard InChI is InChI=1S/C17H31NO3S/c1-14(20-13-11-15(2)22(7,8)9)10-12-18(6)16(19)21-17(3,4)5/h10,12H,1-2,11,13H2,3-9H3/b12-10-. The van der Waals surface area contributed by atoms with Crippen molar-refractivity contribution in [2.45, 2.75) is 32.8 Å². The highest BCUT2D eigenvalue weighted by atomic mass is 32.3. The Hall–Kier alpha value is -1.36. The van der Waals surface area contributed by atoms with E-state index in [0.717, 1.165) is 6.42 Å². The van der Waals surface area contributed by atoms with Crippen LogP contribution in [0.25, 0.3) is 0 Å². The van der Waals surface area contributed by atoms with Crippen molar-refractivity contribution in [3.05, 3.63) is 36.1 Å². The molecule has 0 aromatic carbocycles. The van der Waals surface area contributed by atoms with Crippen molar-refractivity contribution in [1.29, 1.82) is 0 Å². The maximum atomic E-state index is 11.8. The average Bonchev–Trinajstić information content (AvgIpc) is 2.32. The quantitative estimate of drug-likeness (QED) is 0.510. The van der Waals surface area contributed by atoms with Gasteiger partial charge in [-0.15, -0.1) is 0 Å². The van der Waals surface area contributed by atoms with Gasteiger partial charge in [-0.25, -0.2) is 14.8 Å². The number of rotatable bonds is 7. The number of hydrogen-bond donors (Lipinski definition) is 0. The molecular weight excluding hydrogens is 298 g/mol. The summed E-state index contributed by atoms with van der Waals surface area (Å²) < 4.78 is 10.8. The minimum atomic E-state index is -0.747. The van der Waals surface area contributed by atoms with E-state index in [4.69, 9.17) is 9.47 Å². The topological polar surface area (TPSA) is 38.8 Å². The summed E-state index contributed by atoms with van der Waals surface area (Å²) in [5.41, 5.74) is -0.512. The largest absolute Gasteiger partial charge is 0.494 e. The summed E-state index contributed by atoms with van der Waals surface area (Å²) in [6.45, 7) is 13.9. The second-order valence-electron chi connectivity index (χ2n) is 6.85. The van der Waals surface area contributed by atoms with Gasteiger partial charge >= 0.3 is 6.09 Å². The van der Waals surface area contributed by atoms with E-state index >= 15 is 0 Å². The number of amides is 1. The lowest BCUT2D eigenvalue weighted by atomic mass is 10.2. The molecule has 0 heterocycles. The second-order valence-corrected chi connectivity index (χ2v) is 11.1. The molecule has 0 N–H and O–H groups in total. The van der Waals surface area contributed by atoms with Gasteiger partial charge < -0.3 is 9.47 Å². The van der Waals surface area contributed by atoms with E-state index in [-0.39, 0.29) is 0 Å². The van der Waals surface area contributed by atoms with Crippen LogP contribution in [0.4, 0.5) is 4.79 Å². The molecule has 0 saturated heterocycles. The first-order chi connectivity index (χ1) is 9.83. The van der Waals surface area contributed by atoms with Gasteiger partial charge in [-0.05, 0) is 50.5 Å². The molecule has 0 fully saturated rings. The molecule has 0 spiro atoms. The zero-order valence-corrected chi connectivity index (χ0v) is 15.9. The van der Waals surface area contributed by atoms with Crippen LogP contribution >= 0.6 is 10.0 Å². The molecule has 0 saturated carbocycles. The van der Waals surface area contributed by atoms with E-state index in [1.807, 2.05) is 20.8 Å². The van der Waals surface area contributed by atoms with Crippen LogP contribution in [0, 0.1) is 0 Å². The molecule has 0 atom stereocenters. The number of ether oxygens (including phenoxy) is 2. The minimum absolute atomic E-state index is 0.415. The monoisotopic (exact) mass is 329 g/mol. The molecule has 128 valence electrons. The van der Waals surface area contributed by atoms with E-state index in [1.54, 1.807) is 19.3 Å². The molecule has 1 amide bonds. The van der Waals surface area contributed by atoms with Crippen LogP contribution in [-0.2, 0) is 9.47 Å². The first-order valence-electron chi connectivity index (χ1n) is 7.15. The Morgan fingerprint density at radius 2 is 1.77 bits per heavy atom. The van der Waals surface area contributed by atoms with Crippen LogP contribution in [-0.4, -0.2) is 49.0 Å². The Kier molecular flexibility index (Phi) is 7.81. The van der Waals surface area contributed by atoms with E-state index in [2.05, 4.69) is 31.9 Å². The Balaban J connectivity index is 4.21. The number of carbonyl (C=O) groups is 1. The van der Waals surface area contributed by atoms with Crippen molar-refractivity contribution in [1.82, 2.24) is 4.90 Å². The molecule has 0 aromatic heterocycles. The maximum absolute atomic E-state index is 11.8. The van der Waals surface area contributed by atoms with E-state index in [0.29, 0.717) is 12.4 Å². The highest BCUT2D eigenvalue weighted by Gasteiger charge is 2.18. The van der Waals surface area contributed by atoms with E-state index in [9.17, 15) is 4.79 Å². The lowest BCUT2D eigenvalue weighted by molar-refractivity contribution is 0.0371. The predicted molar refractivity (Wildman–Crippen MR) is 97.3 cm³/mol. The van der Waals surface area contributed by atoms with E-state index < -0.39 is 21.7 Å². The fourth-order valence-electron chi connectivity index (χ4n) is 1.24. The minimum Gasteiger partial charge on any atom is -0.494 e. The second kappa shape index (κ2) is 8.32. The van der Waals surface area contributed by atoms with Crippen LogP contribution in [0.15, 0.2) is 36.1 Å². The number of hydrogen-bond acceptors (Lipinski definition) is 3. The number of allylic oxidation sites excluding steroid dienone is 1. The van der Waals surface area contributed by atoms with Gasteiger partial charge in [0.05, 0.1) is 6.61 Å². The number of carbonyl (C=O) groups excluding carboxylic acids is 1. The lowest BCUT2D eigenvalue weighted by Crippen LogP contribution is -2.31. The molecule has 0 bridgehead atoms. The highest BCUT2D eigenvalue weighted by molar-refractivity contribution is 8.35. The molecule has 0 radical (unpaired) electrons. The molecule has 0 aromatic rings. The third-order valence-electron chi connectivity index (χ3n) is 2.70. The highest BCUT2D eigenvalue weighted by Crippen LogP contribution is 2.44. The van der Waals surface area contributed by atoms with Gasteiger partial charge in [-0.3, -0.25) is 4.90 Å². The van der Waals surface area contributed by atoms with Crippen molar-refractivity contribution in [3.63, 3.8) is 0 Å². The molecule has 0 unspecified atom stereocenters. The van der Waals surface area contributed by atoms with Crippen LogP contribution in [0.5, 0.6) is 0 Å². The van der Waals surface area contributed by atoms with Crippen molar-refractivity contribution >= 4 is 16.1 Å². The lowest BCUT2D eigenvalue weighted by Gasteiger charge is -2.28.